The van der Waals surface area contributed by atoms with Gasteiger partial charge >= 0.3 is 6.18 Å². The first-order chi connectivity index (χ1) is 14.1. The fraction of sp³-hybridized carbons (Fsp3) is 0.320. The van der Waals surface area contributed by atoms with Crippen LogP contribution >= 0.6 is 0 Å². The zero-order chi connectivity index (χ0) is 21.7. The van der Waals surface area contributed by atoms with Crippen LogP contribution in [0.2, 0.25) is 0 Å². The van der Waals surface area contributed by atoms with E-state index in [0.29, 0.717) is 12.0 Å². The minimum Gasteiger partial charge on any atom is -0.207 e. The Balaban J connectivity index is 1.85. The molecule has 1 nitrogen and oxygen atoms in total. The average Bonchev–Trinajstić information content (AvgIpc) is 3.26. The first-order valence-electron chi connectivity index (χ1n) is 10.1. The maximum absolute atomic E-state index is 14.2. The van der Waals surface area contributed by atoms with E-state index in [1.807, 2.05) is 38.1 Å². The predicted octanol–water partition coefficient (Wildman–Crippen LogP) is 7.24. The molecule has 0 saturated heterocycles. The minimum absolute atomic E-state index is 0.203. The SMILES string of the molecule is CC1=[N+](c2cc(F)cc(C(F)(F)F)c2)c2ccc(C)cc2C1(C)CCC1C=CC=C1. The Morgan fingerprint density at radius 3 is 2.37 bits per heavy atom. The third kappa shape index (κ3) is 3.51. The Bertz CT molecular complexity index is 1080. The molecule has 0 fully saturated rings. The first kappa shape index (κ1) is 20.6. The third-order valence-electron chi connectivity index (χ3n) is 6.39. The Kier molecular flexibility index (Phi) is 4.95. The highest BCUT2D eigenvalue weighted by Gasteiger charge is 2.47. The van der Waals surface area contributed by atoms with Crippen LogP contribution in [0.15, 0.2) is 60.7 Å². The van der Waals surface area contributed by atoms with E-state index in [0.717, 1.165) is 41.4 Å². The summed E-state index contributed by atoms with van der Waals surface area (Å²) in [5.74, 6) is -0.529. The zero-order valence-electron chi connectivity index (χ0n) is 17.2. The molecule has 0 N–H and O–H groups in total. The fourth-order valence-corrected chi connectivity index (χ4v) is 4.55. The number of alkyl halides is 3. The number of benzene rings is 2. The maximum Gasteiger partial charge on any atom is 0.416 e. The van der Waals surface area contributed by atoms with Crippen molar-refractivity contribution < 1.29 is 17.6 Å². The van der Waals surface area contributed by atoms with Gasteiger partial charge in [0.1, 0.15) is 5.82 Å². The molecular weight excluding hydrogens is 390 g/mol. The molecule has 2 aromatic carbocycles. The molecule has 0 saturated carbocycles. The van der Waals surface area contributed by atoms with Gasteiger partial charge in [-0.05, 0) is 44.7 Å². The number of nitrogens with zero attached hydrogens (tertiary/aromatic N) is 1. The summed E-state index contributed by atoms with van der Waals surface area (Å²) in [7, 11) is 0. The van der Waals surface area contributed by atoms with Gasteiger partial charge in [-0.25, -0.2) is 4.39 Å². The molecule has 0 bridgehead atoms. The first-order valence-corrected chi connectivity index (χ1v) is 10.1. The highest BCUT2D eigenvalue weighted by molar-refractivity contribution is 6.02. The van der Waals surface area contributed by atoms with Crippen molar-refractivity contribution in [1.82, 2.24) is 4.58 Å². The second-order valence-electron chi connectivity index (χ2n) is 8.44. The average molecular weight is 414 g/mol. The van der Waals surface area contributed by atoms with Gasteiger partial charge in [0.05, 0.1) is 11.0 Å². The standard InChI is InChI=1S/C25H24F4N/c1-16-8-9-23-22(12-16)24(3,11-10-18-6-4-5-7-18)17(2)30(23)21-14-19(25(27,28)29)13-20(26)15-21/h4-9,12-15,18H,10-11H2,1-3H3/q+1. The third-order valence-corrected chi connectivity index (χ3v) is 6.39. The molecule has 30 heavy (non-hydrogen) atoms. The van der Waals surface area contributed by atoms with E-state index in [1.165, 1.54) is 6.07 Å². The maximum atomic E-state index is 14.2. The summed E-state index contributed by atoms with van der Waals surface area (Å²) < 4.78 is 55.9. The van der Waals surface area contributed by atoms with E-state index in [1.54, 1.807) is 4.58 Å². The van der Waals surface area contributed by atoms with E-state index < -0.39 is 17.6 Å². The van der Waals surface area contributed by atoms with E-state index in [-0.39, 0.29) is 11.1 Å². The number of halogens is 4. The van der Waals surface area contributed by atoms with Crippen molar-refractivity contribution in [1.29, 1.82) is 0 Å². The lowest BCUT2D eigenvalue weighted by Crippen LogP contribution is -2.31. The van der Waals surface area contributed by atoms with Crippen LogP contribution in [-0.2, 0) is 11.6 Å². The molecule has 0 spiro atoms. The topological polar surface area (TPSA) is 3.01 Å². The molecule has 156 valence electrons. The summed E-state index contributed by atoms with van der Waals surface area (Å²) in [6.45, 7) is 6.08. The zero-order valence-corrected chi connectivity index (χ0v) is 17.2. The monoisotopic (exact) mass is 414 g/mol. The largest absolute Gasteiger partial charge is 0.416 e. The lowest BCUT2D eigenvalue weighted by Gasteiger charge is -2.23. The van der Waals surface area contributed by atoms with Crippen molar-refractivity contribution in [2.45, 2.75) is 45.2 Å². The normalized spacial score (nSPS) is 21.0. The summed E-state index contributed by atoms with van der Waals surface area (Å²) in [4.78, 5) is 0. The van der Waals surface area contributed by atoms with Crippen molar-refractivity contribution in [3.05, 3.63) is 83.2 Å². The van der Waals surface area contributed by atoms with Gasteiger partial charge in [0.2, 0.25) is 11.4 Å². The molecule has 4 rings (SSSR count). The molecular formula is C25H24F4N+. The number of aryl methyl sites for hydroxylation is 1. The van der Waals surface area contributed by atoms with Crippen LogP contribution in [0.4, 0.5) is 28.9 Å². The predicted molar refractivity (Wildman–Crippen MR) is 113 cm³/mol. The molecule has 0 aromatic heterocycles. The van der Waals surface area contributed by atoms with Crippen LogP contribution in [-0.4, -0.2) is 5.71 Å². The smallest absolute Gasteiger partial charge is 0.207 e. The molecule has 1 atom stereocenters. The van der Waals surface area contributed by atoms with Crippen molar-refractivity contribution in [2.24, 2.45) is 5.92 Å². The number of hydrogen-bond donors (Lipinski definition) is 0. The Morgan fingerprint density at radius 2 is 1.70 bits per heavy atom. The van der Waals surface area contributed by atoms with Gasteiger partial charge < -0.3 is 0 Å². The van der Waals surface area contributed by atoms with Crippen LogP contribution < -0.4 is 4.58 Å². The van der Waals surface area contributed by atoms with Crippen molar-refractivity contribution >= 4 is 17.1 Å². The van der Waals surface area contributed by atoms with Gasteiger partial charge in [-0.2, -0.15) is 17.7 Å². The number of allylic oxidation sites excluding steroid dienone is 4. The van der Waals surface area contributed by atoms with Gasteiger partial charge in [-0.15, -0.1) is 0 Å². The second-order valence-corrected chi connectivity index (χ2v) is 8.44. The molecule has 5 heteroatoms. The lowest BCUT2D eigenvalue weighted by atomic mass is 9.74. The van der Waals surface area contributed by atoms with Crippen LogP contribution in [0.3, 0.4) is 0 Å². The molecule has 0 amide bonds. The Hall–Kier alpha value is -2.69. The van der Waals surface area contributed by atoms with Crippen molar-refractivity contribution in [2.75, 3.05) is 0 Å². The summed E-state index contributed by atoms with van der Waals surface area (Å²) in [6.07, 6.45) is 5.55. The molecule has 2 aliphatic rings. The Labute approximate surface area is 174 Å². The molecule has 1 heterocycles. The van der Waals surface area contributed by atoms with E-state index in [4.69, 9.17) is 0 Å². The molecule has 1 aliphatic carbocycles. The van der Waals surface area contributed by atoms with E-state index in [2.05, 4.69) is 25.1 Å². The molecule has 1 unspecified atom stereocenters. The highest BCUT2D eigenvalue weighted by atomic mass is 19.4. The fourth-order valence-electron chi connectivity index (χ4n) is 4.55. The molecule has 2 aromatic rings. The lowest BCUT2D eigenvalue weighted by molar-refractivity contribution is -0.137. The summed E-state index contributed by atoms with van der Waals surface area (Å²) in [5.41, 5.74) is 2.76. The van der Waals surface area contributed by atoms with Gasteiger partial charge in [-0.1, -0.05) is 35.9 Å². The number of hydrogen-bond acceptors (Lipinski definition) is 0. The van der Waals surface area contributed by atoms with Gasteiger partial charge in [0.25, 0.3) is 0 Å². The van der Waals surface area contributed by atoms with E-state index in [9.17, 15) is 17.6 Å². The summed E-state index contributed by atoms with van der Waals surface area (Å²) in [5, 5.41) is 0. The second kappa shape index (κ2) is 7.22. The minimum atomic E-state index is -4.61. The molecule has 1 aliphatic heterocycles. The van der Waals surface area contributed by atoms with Crippen molar-refractivity contribution in [3.8, 4) is 0 Å². The van der Waals surface area contributed by atoms with Crippen LogP contribution in [0, 0.1) is 18.7 Å². The van der Waals surface area contributed by atoms with Gasteiger partial charge in [0, 0.05) is 30.7 Å². The van der Waals surface area contributed by atoms with Gasteiger partial charge in [0.15, 0.2) is 5.71 Å². The summed E-state index contributed by atoms with van der Waals surface area (Å²) in [6, 6.07) is 8.72. The Morgan fingerprint density at radius 1 is 1.00 bits per heavy atom. The van der Waals surface area contributed by atoms with Crippen LogP contribution in [0.25, 0.3) is 0 Å². The van der Waals surface area contributed by atoms with Gasteiger partial charge in [-0.3, -0.25) is 0 Å². The van der Waals surface area contributed by atoms with E-state index >= 15 is 0 Å². The molecule has 0 radical (unpaired) electrons. The van der Waals surface area contributed by atoms with Crippen molar-refractivity contribution in [3.63, 3.8) is 0 Å². The van der Waals surface area contributed by atoms with Crippen LogP contribution in [0.5, 0.6) is 0 Å². The number of rotatable bonds is 4. The van der Waals surface area contributed by atoms with Crippen LogP contribution in [0.1, 0.15) is 43.4 Å². The summed E-state index contributed by atoms with van der Waals surface area (Å²) >= 11 is 0. The highest BCUT2D eigenvalue weighted by Crippen LogP contribution is 2.46. The number of fused-ring (bicyclic) bond motifs is 1. The quantitative estimate of drug-likeness (QED) is 0.366.